The number of imide groups is 1. The molecule has 1 N–H and O–H groups in total. The summed E-state index contributed by atoms with van der Waals surface area (Å²) in [5, 5.41) is 9.03. The minimum Gasteiger partial charge on any atom is -0.478 e. The highest BCUT2D eigenvalue weighted by Gasteiger charge is 2.27. The van der Waals surface area contributed by atoms with E-state index < -0.39 is 5.97 Å². The monoisotopic (exact) mass is 247 g/mol. The lowest BCUT2D eigenvalue weighted by Gasteiger charge is -2.25. The number of carboxylic acids is 1. The highest BCUT2D eigenvalue weighted by Crippen LogP contribution is 2.24. The maximum atomic E-state index is 11.7. The third-order valence-electron chi connectivity index (χ3n) is 2.99. The van der Waals surface area contributed by atoms with Gasteiger partial charge in [0, 0.05) is 12.8 Å². The molecule has 18 heavy (non-hydrogen) atoms. The number of hydrogen-bond donors (Lipinski definition) is 1. The molecule has 0 bridgehead atoms. The van der Waals surface area contributed by atoms with Gasteiger partial charge in [-0.2, -0.15) is 0 Å². The zero-order chi connectivity index (χ0) is 13.3. The van der Waals surface area contributed by atoms with Gasteiger partial charge < -0.3 is 5.11 Å². The number of amides is 2. The van der Waals surface area contributed by atoms with E-state index in [1.807, 2.05) is 0 Å². The van der Waals surface area contributed by atoms with Crippen LogP contribution in [0.3, 0.4) is 0 Å². The second-order valence-electron chi connectivity index (χ2n) is 4.28. The lowest BCUT2D eigenvalue weighted by Crippen LogP contribution is -2.40. The van der Waals surface area contributed by atoms with Crippen molar-refractivity contribution < 1.29 is 19.5 Å². The second-order valence-corrected chi connectivity index (χ2v) is 4.28. The lowest BCUT2D eigenvalue weighted by molar-refractivity contribution is -0.129. The maximum absolute atomic E-state index is 11.7. The number of benzene rings is 1. The van der Waals surface area contributed by atoms with Crippen molar-refractivity contribution in [2.75, 3.05) is 4.90 Å². The first-order chi connectivity index (χ1) is 8.50. The summed E-state index contributed by atoms with van der Waals surface area (Å²) in [5.74, 6) is -1.61. The SMILES string of the molecule is Cc1ccc(N2C(=O)CCCC2=O)cc1C(=O)O. The Morgan fingerprint density at radius 3 is 2.39 bits per heavy atom. The molecule has 1 aromatic rings. The van der Waals surface area contributed by atoms with Gasteiger partial charge in [-0.25, -0.2) is 4.79 Å². The van der Waals surface area contributed by atoms with Crippen molar-refractivity contribution >= 4 is 23.5 Å². The summed E-state index contributed by atoms with van der Waals surface area (Å²) in [6.07, 6.45) is 1.20. The van der Waals surface area contributed by atoms with Gasteiger partial charge >= 0.3 is 5.97 Å². The predicted octanol–water partition coefficient (Wildman–Crippen LogP) is 1.74. The molecule has 1 aliphatic heterocycles. The zero-order valence-electron chi connectivity index (χ0n) is 9.97. The van der Waals surface area contributed by atoms with E-state index in [4.69, 9.17) is 5.11 Å². The number of carboxylic acid groups (broad SMARTS) is 1. The van der Waals surface area contributed by atoms with Gasteiger partial charge in [-0.3, -0.25) is 14.5 Å². The third kappa shape index (κ3) is 2.11. The number of rotatable bonds is 2. The number of nitrogens with zero attached hydrogens (tertiary/aromatic N) is 1. The Kier molecular flexibility index (Phi) is 3.14. The molecule has 2 amide bonds. The smallest absolute Gasteiger partial charge is 0.336 e. The van der Waals surface area contributed by atoms with Crippen LogP contribution in [-0.4, -0.2) is 22.9 Å². The minimum atomic E-state index is -1.06. The molecule has 1 heterocycles. The first-order valence-corrected chi connectivity index (χ1v) is 5.70. The maximum Gasteiger partial charge on any atom is 0.336 e. The van der Waals surface area contributed by atoms with Crippen LogP contribution in [0.4, 0.5) is 5.69 Å². The fourth-order valence-corrected chi connectivity index (χ4v) is 2.02. The standard InChI is InChI=1S/C13H13NO4/c1-8-5-6-9(7-10(8)13(17)18)14-11(15)3-2-4-12(14)16/h5-7H,2-4H2,1H3,(H,17,18). The molecule has 1 aromatic carbocycles. The Hall–Kier alpha value is -2.17. The lowest BCUT2D eigenvalue weighted by atomic mass is 10.0. The van der Waals surface area contributed by atoms with Crippen LogP contribution in [0.1, 0.15) is 35.2 Å². The van der Waals surface area contributed by atoms with E-state index in [2.05, 4.69) is 0 Å². The number of aryl methyl sites for hydroxylation is 1. The Balaban J connectivity index is 2.44. The largest absolute Gasteiger partial charge is 0.478 e. The fraction of sp³-hybridized carbons (Fsp3) is 0.308. The van der Waals surface area contributed by atoms with Gasteiger partial charge in [0.2, 0.25) is 11.8 Å². The molecule has 1 fully saturated rings. The van der Waals surface area contributed by atoms with Gasteiger partial charge in [0.1, 0.15) is 0 Å². The van der Waals surface area contributed by atoms with Crippen molar-refractivity contribution in [3.8, 4) is 0 Å². The molecule has 0 atom stereocenters. The van der Waals surface area contributed by atoms with E-state index >= 15 is 0 Å². The Morgan fingerprint density at radius 1 is 1.22 bits per heavy atom. The molecule has 2 rings (SSSR count). The summed E-state index contributed by atoms with van der Waals surface area (Å²) >= 11 is 0. The van der Waals surface area contributed by atoms with Gasteiger partial charge in [0.15, 0.2) is 0 Å². The van der Waals surface area contributed by atoms with E-state index in [-0.39, 0.29) is 17.4 Å². The van der Waals surface area contributed by atoms with Crippen LogP contribution in [0.2, 0.25) is 0 Å². The summed E-state index contributed by atoms with van der Waals surface area (Å²) in [6, 6.07) is 4.58. The predicted molar refractivity (Wildman–Crippen MR) is 64.5 cm³/mol. The van der Waals surface area contributed by atoms with Crippen LogP contribution in [0, 0.1) is 6.92 Å². The molecule has 1 aliphatic rings. The molecule has 5 nitrogen and oxygen atoms in total. The Labute approximate surface area is 104 Å². The average molecular weight is 247 g/mol. The fourth-order valence-electron chi connectivity index (χ4n) is 2.02. The molecule has 1 saturated heterocycles. The summed E-state index contributed by atoms with van der Waals surface area (Å²) < 4.78 is 0. The van der Waals surface area contributed by atoms with E-state index in [1.165, 1.54) is 6.07 Å². The summed E-state index contributed by atoms with van der Waals surface area (Å²) in [7, 11) is 0. The van der Waals surface area contributed by atoms with E-state index in [9.17, 15) is 14.4 Å². The van der Waals surface area contributed by atoms with Gasteiger partial charge in [-0.05, 0) is 31.0 Å². The van der Waals surface area contributed by atoms with Crippen LogP contribution in [-0.2, 0) is 9.59 Å². The third-order valence-corrected chi connectivity index (χ3v) is 2.99. The minimum absolute atomic E-state index is 0.110. The van der Waals surface area contributed by atoms with Crippen molar-refractivity contribution in [3.63, 3.8) is 0 Å². The molecular formula is C13H13NO4. The molecule has 5 heteroatoms. The average Bonchev–Trinajstić information content (AvgIpc) is 2.30. The van der Waals surface area contributed by atoms with Crippen LogP contribution < -0.4 is 4.90 Å². The van der Waals surface area contributed by atoms with Crippen molar-refractivity contribution in [1.82, 2.24) is 0 Å². The number of hydrogen-bond acceptors (Lipinski definition) is 3. The van der Waals surface area contributed by atoms with Crippen molar-refractivity contribution in [3.05, 3.63) is 29.3 Å². The van der Waals surface area contributed by atoms with Gasteiger partial charge in [-0.1, -0.05) is 6.07 Å². The normalized spacial score (nSPS) is 15.9. The molecule has 0 radical (unpaired) electrons. The summed E-state index contributed by atoms with van der Waals surface area (Å²) in [5.41, 5.74) is 1.05. The highest BCUT2D eigenvalue weighted by molar-refractivity contribution is 6.16. The van der Waals surface area contributed by atoms with E-state index in [0.717, 1.165) is 4.90 Å². The molecule has 94 valence electrons. The zero-order valence-corrected chi connectivity index (χ0v) is 9.97. The van der Waals surface area contributed by atoms with Crippen LogP contribution in [0.25, 0.3) is 0 Å². The van der Waals surface area contributed by atoms with E-state index in [0.29, 0.717) is 30.5 Å². The van der Waals surface area contributed by atoms with Crippen LogP contribution >= 0.6 is 0 Å². The molecule has 0 unspecified atom stereocenters. The molecular weight excluding hydrogens is 234 g/mol. The van der Waals surface area contributed by atoms with E-state index in [1.54, 1.807) is 19.1 Å². The Bertz CT molecular complexity index is 520. The van der Waals surface area contributed by atoms with Crippen molar-refractivity contribution in [2.45, 2.75) is 26.2 Å². The number of piperidine rings is 1. The van der Waals surface area contributed by atoms with Crippen LogP contribution in [0.5, 0.6) is 0 Å². The first kappa shape index (κ1) is 12.3. The number of aromatic carboxylic acids is 1. The first-order valence-electron chi connectivity index (χ1n) is 5.70. The molecule has 0 saturated carbocycles. The van der Waals surface area contributed by atoms with Crippen LogP contribution in [0.15, 0.2) is 18.2 Å². The highest BCUT2D eigenvalue weighted by atomic mass is 16.4. The molecule has 0 spiro atoms. The number of carbonyl (C=O) groups is 3. The Morgan fingerprint density at radius 2 is 1.83 bits per heavy atom. The topological polar surface area (TPSA) is 74.7 Å². The van der Waals surface area contributed by atoms with Gasteiger partial charge in [0.05, 0.1) is 11.3 Å². The molecule has 0 aliphatic carbocycles. The summed E-state index contributed by atoms with van der Waals surface area (Å²) in [6.45, 7) is 1.67. The van der Waals surface area contributed by atoms with Gasteiger partial charge in [0.25, 0.3) is 0 Å². The van der Waals surface area contributed by atoms with Crippen molar-refractivity contribution in [2.24, 2.45) is 0 Å². The second kappa shape index (κ2) is 4.60. The quantitative estimate of drug-likeness (QED) is 0.808. The summed E-state index contributed by atoms with van der Waals surface area (Å²) in [4.78, 5) is 35.6. The molecule has 0 aromatic heterocycles. The number of anilines is 1. The van der Waals surface area contributed by atoms with Gasteiger partial charge in [-0.15, -0.1) is 0 Å². The van der Waals surface area contributed by atoms with Crippen molar-refractivity contribution in [1.29, 1.82) is 0 Å². The number of carbonyl (C=O) groups excluding carboxylic acids is 2.